The lowest BCUT2D eigenvalue weighted by atomic mass is 9.88. The van der Waals surface area contributed by atoms with Gasteiger partial charge in [0.05, 0.1) is 12.2 Å². The van der Waals surface area contributed by atoms with Crippen LogP contribution in [-0.4, -0.2) is 18.5 Å². The Morgan fingerprint density at radius 1 is 1.28 bits per heavy atom. The van der Waals surface area contributed by atoms with Crippen LogP contribution in [0.5, 0.6) is 0 Å². The van der Waals surface area contributed by atoms with Gasteiger partial charge in [-0.3, -0.25) is 0 Å². The lowest BCUT2D eigenvalue weighted by Gasteiger charge is -2.35. The van der Waals surface area contributed by atoms with E-state index in [1.165, 1.54) is 5.56 Å². The third-order valence-corrected chi connectivity index (χ3v) is 3.28. The molecule has 3 atom stereocenters. The average molecular weight is 246 g/mol. The van der Waals surface area contributed by atoms with Gasteiger partial charge in [0.1, 0.15) is 0 Å². The minimum atomic E-state index is -0.119. The van der Waals surface area contributed by atoms with Crippen molar-refractivity contribution < 1.29 is 9.47 Å². The molecule has 0 aromatic heterocycles. The molecule has 1 aliphatic rings. The topological polar surface area (TPSA) is 18.5 Å². The Bertz CT molecular complexity index is 372. The van der Waals surface area contributed by atoms with Crippen LogP contribution in [0.3, 0.4) is 0 Å². The third kappa shape index (κ3) is 3.44. The van der Waals surface area contributed by atoms with Crippen LogP contribution in [0.2, 0.25) is 0 Å². The lowest BCUT2D eigenvalue weighted by molar-refractivity contribution is -0.202. The number of rotatable bonds is 4. The number of benzene rings is 1. The van der Waals surface area contributed by atoms with E-state index in [2.05, 4.69) is 36.9 Å². The molecule has 18 heavy (non-hydrogen) atoms. The fourth-order valence-corrected chi connectivity index (χ4v) is 2.46. The molecule has 0 aliphatic carbocycles. The van der Waals surface area contributed by atoms with Crippen molar-refractivity contribution in [2.24, 2.45) is 0 Å². The van der Waals surface area contributed by atoms with Gasteiger partial charge in [-0.25, -0.2) is 0 Å². The molecule has 1 saturated heterocycles. The van der Waals surface area contributed by atoms with Gasteiger partial charge in [-0.1, -0.05) is 36.4 Å². The first-order chi connectivity index (χ1) is 8.69. The van der Waals surface area contributed by atoms with E-state index in [1.54, 1.807) is 0 Å². The van der Waals surface area contributed by atoms with Crippen molar-refractivity contribution in [1.29, 1.82) is 0 Å². The largest absolute Gasteiger partial charge is 0.350 e. The fourth-order valence-electron chi connectivity index (χ4n) is 2.46. The van der Waals surface area contributed by atoms with Crippen molar-refractivity contribution in [3.05, 3.63) is 48.6 Å². The van der Waals surface area contributed by atoms with E-state index in [9.17, 15) is 0 Å². The summed E-state index contributed by atoms with van der Waals surface area (Å²) in [5.74, 6) is 0.492. The van der Waals surface area contributed by atoms with Crippen molar-refractivity contribution in [3.63, 3.8) is 0 Å². The molecule has 0 saturated carbocycles. The van der Waals surface area contributed by atoms with E-state index in [-0.39, 0.29) is 18.5 Å². The Morgan fingerprint density at radius 2 is 2.00 bits per heavy atom. The van der Waals surface area contributed by atoms with Gasteiger partial charge < -0.3 is 9.47 Å². The van der Waals surface area contributed by atoms with Gasteiger partial charge >= 0.3 is 0 Å². The van der Waals surface area contributed by atoms with Gasteiger partial charge in [0, 0.05) is 6.42 Å². The summed E-state index contributed by atoms with van der Waals surface area (Å²) in [6.45, 7) is 7.93. The molecule has 1 aromatic carbocycles. The van der Waals surface area contributed by atoms with Gasteiger partial charge in [-0.2, -0.15) is 0 Å². The van der Waals surface area contributed by atoms with Crippen LogP contribution in [0.15, 0.2) is 43.0 Å². The third-order valence-electron chi connectivity index (χ3n) is 3.28. The minimum Gasteiger partial charge on any atom is -0.350 e. The van der Waals surface area contributed by atoms with Crippen LogP contribution in [0, 0.1) is 0 Å². The van der Waals surface area contributed by atoms with Crippen LogP contribution >= 0.6 is 0 Å². The molecule has 98 valence electrons. The molecular weight excluding hydrogens is 224 g/mol. The van der Waals surface area contributed by atoms with Gasteiger partial charge in [0.2, 0.25) is 0 Å². The normalized spacial score (nSPS) is 28.3. The summed E-state index contributed by atoms with van der Waals surface area (Å²) in [6, 6.07) is 10.6. The molecule has 0 bridgehead atoms. The summed E-state index contributed by atoms with van der Waals surface area (Å²) >= 11 is 0. The second kappa shape index (κ2) is 6.17. The van der Waals surface area contributed by atoms with Crippen LogP contribution in [0.1, 0.15) is 38.2 Å². The highest BCUT2D eigenvalue weighted by Gasteiger charge is 2.29. The first kappa shape index (κ1) is 13.3. The van der Waals surface area contributed by atoms with Crippen LogP contribution in [0.25, 0.3) is 0 Å². The van der Waals surface area contributed by atoms with Gasteiger partial charge in [-0.05, 0) is 31.7 Å². The zero-order valence-electron chi connectivity index (χ0n) is 11.2. The first-order valence-electron chi connectivity index (χ1n) is 6.67. The summed E-state index contributed by atoms with van der Waals surface area (Å²) < 4.78 is 11.7. The summed E-state index contributed by atoms with van der Waals surface area (Å²) in [6.07, 6.45) is 3.96. The summed E-state index contributed by atoms with van der Waals surface area (Å²) in [5.41, 5.74) is 1.37. The standard InChI is InChI=1S/C16H22O2/c1-4-15-10-14(13-8-6-5-7-9-13)11-16(18-15)17-12(2)3/h4-9,12,14-16H,1,10-11H2,2-3H3/t14-,15+,16-/m1/s1. The highest BCUT2D eigenvalue weighted by Crippen LogP contribution is 2.34. The molecule has 0 radical (unpaired) electrons. The number of hydrogen-bond donors (Lipinski definition) is 0. The maximum atomic E-state index is 5.86. The Balaban J connectivity index is 2.08. The molecule has 1 aliphatic heterocycles. The smallest absolute Gasteiger partial charge is 0.159 e. The number of ether oxygens (including phenoxy) is 2. The SMILES string of the molecule is C=C[C@H]1C[C@@H](c2ccccc2)C[C@H](OC(C)C)O1. The highest BCUT2D eigenvalue weighted by molar-refractivity contribution is 5.20. The van der Waals surface area contributed by atoms with E-state index >= 15 is 0 Å². The maximum absolute atomic E-state index is 5.86. The lowest BCUT2D eigenvalue weighted by Crippen LogP contribution is -2.34. The van der Waals surface area contributed by atoms with Gasteiger partial charge in [0.25, 0.3) is 0 Å². The van der Waals surface area contributed by atoms with Gasteiger partial charge in [-0.15, -0.1) is 6.58 Å². The molecule has 0 amide bonds. The summed E-state index contributed by atoms with van der Waals surface area (Å²) in [5, 5.41) is 0. The molecule has 0 unspecified atom stereocenters. The molecule has 1 aromatic rings. The second-order valence-electron chi connectivity index (χ2n) is 5.10. The van der Waals surface area contributed by atoms with Crippen molar-refractivity contribution in [2.45, 2.75) is 51.1 Å². The molecule has 2 nitrogen and oxygen atoms in total. The van der Waals surface area contributed by atoms with Gasteiger partial charge in [0.15, 0.2) is 6.29 Å². The van der Waals surface area contributed by atoms with Crippen molar-refractivity contribution in [1.82, 2.24) is 0 Å². The Morgan fingerprint density at radius 3 is 2.61 bits per heavy atom. The monoisotopic (exact) mass is 246 g/mol. The Kier molecular flexibility index (Phi) is 4.56. The molecule has 1 heterocycles. The van der Waals surface area contributed by atoms with Crippen LogP contribution in [-0.2, 0) is 9.47 Å². The zero-order chi connectivity index (χ0) is 13.0. The predicted octanol–water partition coefficient (Wildman–Crippen LogP) is 3.89. The van der Waals surface area contributed by atoms with E-state index in [4.69, 9.17) is 9.47 Å². The summed E-state index contributed by atoms with van der Waals surface area (Å²) in [4.78, 5) is 0. The molecular formula is C16H22O2. The summed E-state index contributed by atoms with van der Waals surface area (Å²) in [7, 11) is 0. The molecule has 2 heteroatoms. The van der Waals surface area contributed by atoms with E-state index in [1.807, 2.05) is 19.9 Å². The predicted molar refractivity (Wildman–Crippen MR) is 73.5 cm³/mol. The zero-order valence-corrected chi connectivity index (χ0v) is 11.2. The number of hydrogen-bond acceptors (Lipinski definition) is 2. The highest BCUT2D eigenvalue weighted by atomic mass is 16.7. The average Bonchev–Trinajstić information content (AvgIpc) is 2.38. The first-order valence-corrected chi connectivity index (χ1v) is 6.67. The van der Waals surface area contributed by atoms with Crippen LogP contribution in [0.4, 0.5) is 0 Å². The van der Waals surface area contributed by atoms with E-state index < -0.39 is 0 Å². The van der Waals surface area contributed by atoms with Crippen LogP contribution < -0.4 is 0 Å². The maximum Gasteiger partial charge on any atom is 0.159 e. The second-order valence-corrected chi connectivity index (χ2v) is 5.10. The van der Waals surface area contributed by atoms with E-state index in [0.717, 1.165) is 12.8 Å². The Labute approximate surface area is 110 Å². The minimum absolute atomic E-state index is 0.0905. The fraction of sp³-hybridized carbons (Fsp3) is 0.500. The van der Waals surface area contributed by atoms with Crippen molar-refractivity contribution in [3.8, 4) is 0 Å². The Hall–Kier alpha value is -1.12. The molecule has 1 fully saturated rings. The van der Waals surface area contributed by atoms with Crippen molar-refractivity contribution >= 4 is 0 Å². The molecule has 0 spiro atoms. The quantitative estimate of drug-likeness (QED) is 0.750. The molecule has 2 rings (SSSR count). The van der Waals surface area contributed by atoms with Crippen molar-refractivity contribution in [2.75, 3.05) is 0 Å². The molecule has 0 N–H and O–H groups in total. The van der Waals surface area contributed by atoms with E-state index in [0.29, 0.717) is 5.92 Å².